The molecule has 0 bridgehead atoms. The molecule has 0 amide bonds. The van der Waals surface area contributed by atoms with E-state index in [1.54, 1.807) is 12.1 Å². The zero-order valence-corrected chi connectivity index (χ0v) is 11.7. The van der Waals surface area contributed by atoms with Gasteiger partial charge in [-0.05, 0) is 26.1 Å². The number of carbonyl (C=O) groups is 2. The third kappa shape index (κ3) is 4.83. The second-order valence-electron chi connectivity index (χ2n) is 4.97. The van der Waals surface area contributed by atoms with Crippen LogP contribution in [0.1, 0.15) is 29.3 Å². The van der Waals surface area contributed by atoms with Crippen molar-refractivity contribution in [1.29, 1.82) is 0 Å². The molecule has 1 N–H and O–H groups in total. The van der Waals surface area contributed by atoms with Gasteiger partial charge in [-0.15, -0.1) is 0 Å². The molecule has 0 saturated carbocycles. The molecule has 1 atom stereocenters. The third-order valence-corrected chi connectivity index (χ3v) is 3.02. The highest BCUT2D eigenvalue weighted by Gasteiger charge is 2.23. The van der Waals surface area contributed by atoms with Gasteiger partial charge in [-0.3, -0.25) is 9.59 Å². The minimum Gasteiger partial charge on any atom is -0.481 e. The number of carboxylic acid groups (broad SMARTS) is 1. The zero-order chi connectivity index (χ0) is 14.4. The molecule has 0 aromatic heterocycles. The largest absolute Gasteiger partial charge is 0.481 e. The van der Waals surface area contributed by atoms with Crippen molar-refractivity contribution in [2.75, 3.05) is 20.6 Å². The van der Waals surface area contributed by atoms with Gasteiger partial charge in [0.05, 0.1) is 6.42 Å². The number of carboxylic acids is 1. The number of nitrogens with zero attached hydrogens (tertiary/aromatic N) is 1. The second kappa shape index (κ2) is 7.04. The fourth-order valence-electron chi connectivity index (χ4n) is 2.03. The Hall–Kier alpha value is -1.68. The lowest BCUT2D eigenvalue weighted by Crippen LogP contribution is -2.30. The average molecular weight is 263 g/mol. The van der Waals surface area contributed by atoms with Crippen LogP contribution in [0.25, 0.3) is 0 Å². The van der Waals surface area contributed by atoms with Gasteiger partial charge in [0.2, 0.25) is 0 Å². The summed E-state index contributed by atoms with van der Waals surface area (Å²) < 4.78 is 0. The number of Topliss-reactive ketones (excluding diaryl/α,β-unsaturated/α-hetero) is 1. The number of carbonyl (C=O) groups excluding carboxylic acids is 1. The number of benzene rings is 1. The van der Waals surface area contributed by atoms with Gasteiger partial charge in [-0.25, -0.2) is 0 Å². The predicted molar refractivity (Wildman–Crippen MR) is 74.4 cm³/mol. The molecule has 0 spiro atoms. The first-order valence-electron chi connectivity index (χ1n) is 6.43. The van der Waals surface area contributed by atoms with E-state index in [2.05, 4.69) is 6.92 Å². The Balaban J connectivity index is 2.87. The van der Waals surface area contributed by atoms with Crippen molar-refractivity contribution in [3.63, 3.8) is 0 Å². The van der Waals surface area contributed by atoms with Crippen molar-refractivity contribution in [3.8, 4) is 0 Å². The molecule has 4 nitrogen and oxygen atoms in total. The van der Waals surface area contributed by atoms with Crippen LogP contribution in [0.15, 0.2) is 24.3 Å². The number of ketones is 1. The maximum absolute atomic E-state index is 12.3. The van der Waals surface area contributed by atoms with Crippen molar-refractivity contribution < 1.29 is 14.7 Å². The monoisotopic (exact) mass is 263 g/mol. The third-order valence-electron chi connectivity index (χ3n) is 3.02. The summed E-state index contributed by atoms with van der Waals surface area (Å²) in [5, 5.41) is 8.90. The molecule has 0 aliphatic carbocycles. The molecule has 0 radical (unpaired) electrons. The molecule has 0 heterocycles. The Morgan fingerprint density at radius 1 is 1.21 bits per heavy atom. The van der Waals surface area contributed by atoms with Gasteiger partial charge in [0.15, 0.2) is 5.78 Å². The fourth-order valence-corrected chi connectivity index (χ4v) is 2.03. The van der Waals surface area contributed by atoms with E-state index >= 15 is 0 Å². The highest BCUT2D eigenvalue weighted by atomic mass is 16.4. The molecule has 1 rings (SSSR count). The van der Waals surface area contributed by atoms with E-state index in [0.717, 1.165) is 6.42 Å². The first-order valence-corrected chi connectivity index (χ1v) is 6.43. The summed E-state index contributed by atoms with van der Waals surface area (Å²) in [5.74, 6) is -1.54. The van der Waals surface area contributed by atoms with Gasteiger partial charge in [0, 0.05) is 18.0 Å². The normalized spacial score (nSPS) is 12.4. The molecule has 1 aromatic carbocycles. The van der Waals surface area contributed by atoms with E-state index in [-0.39, 0.29) is 12.2 Å². The van der Waals surface area contributed by atoms with Gasteiger partial charge < -0.3 is 10.0 Å². The van der Waals surface area contributed by atoms with Crippen LogP contribution in [0.2, 0.25) is 0 Å². The fraction of sp³-hybridized carbons (Fsp3) is 0.467. The molecule has 0 fully saturated rings. The quantitative estimate of drug-likeness (QED) is 0.765. The van der Waals surface area contributed by atoms with E-state index in [0.29, 0.717) is 12.1 Å². The highest BCUT2D eigenvalue weighted by molar-refractivity contribution is 5.99. The second-order valence-corrected chi connectivity index (χ2v) is 4.97. The molecule has 1 aromatic rings. The number of hydrogen-bond donors (Lipinski definition) is 1. The summed E-state index contributed by atoms with van der Waals surface area (Å²) in [4.78, 5) is 25.0. The Kier molecular flexibility index (Phi) is 5.70. The van der Waals surface area contributed by atoms with Crippen LogP contribution >= 0.6 is 0 Å². The molecule has 104 valence electrons. The average Bonchev–Trinajstić information content (AvgIpc) is 2.36. The topological polar surface area (TPSA) is 57.6 Å². The van der Waals surface area contributed by atoms with Crippen molar-refractivity contribution in [1.82, 2.24) is 4.90 Å². The maximum Gasteiger partial charge on any atom is 0.304 e. The summed E-state index contributed by atoms with van der Waals surface area (Å²) in [5.41, 5.74) is 1.75. The van der Waals surface area contributed by atoms with Gasteiger partial charge >= 0.3 is 5.97 Å². The van der Waals surface area contributed by atoms with Crippen molar-refractivity contribution >= 4 is 11.8 Å². The van der Waals surface area contributed by atoms with E-state index in [4.69, 9.17) is 5.11 Å². The van der Waals surface area contributed by atoms with E-state index in [1.165, 1.54) is 5.56 Å². The number of aryl methyl sites for hydroxylation is 1. The van der Waals surface area contributed by atoms with Crippen LogP contribution in [0.4, 0.5) is 0 Å². The number of aliphatic carboxylic acids is 1. The van der Waals surface area contributed by atoms with Crippen LogP contribution in [-0.2, 0) is 11.2 Å². The van der Waals surface area contributed by atoms with Gasteiger partial charge in [0.25, 0.3) is 0 Å². The Morgan fingerprint density at radius 3 is 2.21 bits per heavy atom. The first kappa shape index (κ1) is 15.4. The lowest BCUT2D eigenvalue weighted by atomic mass is 9.93. The summed E-state index contributed by atoms with van der Waals surface area (Å²) in [7, 11) is 3.67. The molecule has 0 aliphatic rings. The zero-order valence-electron chi connectivity index (χ0n) is 11.7. The standard InChI is InChI=1S/C15H21NO3/c1-4-11-5-7-12(8-6-11)15(19)13(9-14(17)18)10-16(2)3/h5-8,13H,4,9-10H2,1-3H3,(H,17,18). The van der Waals surface area contributed by atoms with Gasteiger partial charge in [0.1, 0.15) is 0 Å². The number of rotatable bonds is 7. The smallest absolute Gasteiger partial charge is 0.304 e. The molecular formula is C15H21NO3. The predicted octanol–water partition coefficient (Wildman–Crippen LogP) is 2.08. The minimum absolute atomic E-state index is 0.0984. The minimum atomic E-state index is -0.939. The van der Waals surface area contributed by atoms with Gasteiger partial charge in [-0.2, -0.15) is 0 Å². The highest BCUT2D eigenvalue weighted by Crippen LogP contribution is 2.15. The summed E-state index contributed by atoms with van der Waals surface area (Å²) in [6, 6.07) is 7.40. The molecule has 4 heteroatoms. The molecule has 0 aliphatic heterocycles. The summed E-state index contributed by atoms with van der Waals surface area (Å²) >= 11 is 0. The Morgan fingerprint density at radius 2 is 1.79 bits per heavy atom. The Labute approximate surface area is 114 Å². The van der Waals surface area contributed by atoms with Crippen molar-refractivity contribution in [3.05, 3.63) is 35.4 Å². The van der Waals surface area contributed by atoms with E-state index in [9.17, 15) is 9.59 Å². The van der Waals surface area contributed by atoms with E-state index in [1.807, 2.05) is 31.1 Å². The summed E-state index contributed by atoms with van der Waals surface area (Å²) in [6.07, 6.45) is 0.789. The first-order chi connectivity index (χ1) is 8.93. The molecule has 19 heavy (non-hydrogen) atoms. The van der Waals surface area contributed by atoms with Crippen molar-refractivity contribution in [2.45, 2.75) is 19.8 Å². The molecule has 1 unspecified atom stereocenters. The maximum atomic E-state index is 12.3. The molecular weight excluding hydrogens is 242 g/mol. The van der Waals surface area contributed by atoms with Crippen LogP contribution in [0.3, 0.4) is 0 Å². The number of hydrogen-bond acceptors (Lipinski definition) is 3. The van der Waals surface area contributed by atoms with Crippen LogP contribution in [-0.4, -0.2) is 42.4 Å². The lowest BCUT2D eigenvalue weighted by molar-refractivity contribution is -0.137. The van der Waals surface area contributed by atoms with Crippen LogP contribution < -0.4 is 0 Å². The lowest BCUT2D eigenvalue weighted by Gasteiger charge is -2.18. The van der Waals surface area contributed by atoms with Crippen LogP contribution in [0, 0.1) is 5.92 Å². The SMILES string of the molecule is CCc1ccc(C(=O)C(CC(=O)O)CN(C)C)cc1. The van der Waals surface area contributed by atoms with Gasteiger partial charge in [-0.1, -0.05) is 31.2 Å². The molecule has 0 saturated heterocycles. The van der Waals surface area contributed by atoms with E-state index < -0.39 is 11.9 Å². The Bertz CT molecular complexity index is 437. The summed E-state index contributed by atoms with van der Waals surface area (Å²) in [6.45, 7) is 2.50. The van der Waals surface area contributed by atoms with Crippen LogP contribution in [0.5, 0.6) is 0 Å². The van der Waals surface area contributed by atoms with Crippen molar-refractivity contribution in [2.24, 2.45) is 5.92 Å².